The van der Waals surface area contributed by atoms with Gasteiger partial charge in [0.2, 0.25) is 0 Å². The van der Waals surface area contributed by atoms with Crippen LogP contribution in [0.15, 0.2) is 0 Å². The van der Waals surface area contributed by atoms with Crippen molar-refractivity contribution in [2.24, 2.45) is 0 Å². The largest absolute Gasteiger partial charge is 0.295 e. The summed E-state index contributed by atoms with van der Waals surface area (Å²) in [6.07, 6.45) is 0. The molecule has 6 fully saturated rings. The van der Waals surface area contributed by atoms with Crippen LogP contribution in [0.5, 0.6) is 0 Å². The third-order valence-electron chi connectivity index (χ3n) is 6.24. The van der Waals surface area contributed by atoms with Crippen molar-refractivity contribution in [1.82, 2.24) is 0 Å². The fourth-order valence-electron chi connectivity index (χ4n) is 5.64. The number of carbonyl (C=O) groups excluding carboxylic acids is 1. The Bertz CT molecular complexity index is 631. The second-order valence-electron chi connectivity index (χ2n) is 6.17. The lowest BCUT2D eigenvalue weighted by atomic mass is 9.41. The molecule has 0 N–H and O–H groups in total. The fraction of sp³-hybridized carbons (Fsp3) is 0.900. The van der Waals surface area contributed by atoms with E-state index in [4.69, 9.17) is 116 Å². The Morgan fingerprint density at radius 3 is 0.952 bits per heavy atom. The standard InChI is InChI=1S/C10Cl10O/c11-2-1(21)3(12)6(15)4(2,13)8(17)5(2,14)7(3,16)9(6,18)10(8,19)20/t2?,3?,4-,5+,6-,7+,8?,9?. The normalized spacial score (nSPS) is 81.0. The summed E-state index contributed by atoms with van der Waals surface area (Å²) in [6, 6.07) is 0. The Balaban J connectivity index is 2.08. The van der Waals surface area contributed by atoms with Crippen LogP contribution in [-0.2, 0) is 4.79 Å². The van der Waals surface area contributed by atoms with Crippen molar-refractivity contribution in [3.05, 3.63) is 0 Å². The van der Waals surface area contributed by atoms with Crippen LogP contribution in [0.3, 0.4) is 0 Å². The van der Waals surface area contributed by atoms with Crippen LogP contribution in [0.4, 0.5) is 0 Å². The van der Waals surface area contributed by atoms with E-state index in [0.717, 1.165) is 0 Å². The van der Waals surface area contributed by atoms with Crippen LogP contribution >= 0.6 is 116 Å². The molecular formula is C10Cl10O. The van der Waals surface area contributed by atoms with Crippen molar-refractivity contribution >= 4 is 122 Å². The fourth-order valence-corrected chi connectivity index (χ4v) is 14.0. The topological polar surface area (TPSA) is 17.1 Å². The van der Waals surface area contributed by atoms with E-state index in [-0.39, 0.29) is 0 Å². The molecule has 0 aromatic carbocycles. The number of ketones is 1. The summed E-state index contributed by atoms with van der Waals surface area (Å²) in [5, 5.41) is 0. The predicted molar refractivity (Wildman–Crippen MR) is 88.1 cm³/mol. The predicted octanol–water partition coefficient (Wildman–Crippen LogP) is 4.62. The first-order valence-corrected chi connectivity index (χ1v) is 9.37. The Morgan fingerprint density at radius 2 is 0.714 bits per heavy atom. The molecule has 4 bridgehead atoms. The molecule has 1 nitrogen and oxygen atoms in total. The van der Waals surface area contributed by atoms with E-state index in [0.29, 0.717) is 0 Å². The second-order valence-corrected chi connectivity index (χ2v) is 12.0. The molecule has 0 aromatic rings. The lowest BCUT2D eigenvalue weighted by Gasteiger charge is -2.80. The number of hydrogen-bond acceptors (Lipinski definition) is 1. The van der Waals surface area contributed by atoms with Crippen molar-refractivity contribution in [3.8, 4) is 0 Å². The van der Waals surface area contributed by atoms with Gasteiger partial charge >= 0.3 is 0 Å². The highest BCUT2D eigenvalue weighted by atomic mass is 35.5. The summed E-state index contributed by atoms with van der Waals surface area (Å²) in [5.74, 6) is -0.690. The van der Waals surface area contributed by atoms with Crippen molar-refractivity contribution in [1.29, 1.82) is 0 Å². The molecular weight excluding hydrogens is 491 g/mol. The summed E-state index contributed by atoms with van der Waals surface area (Å²) in [7, 11) is 0. The van der Waals surface area contributed by atoms with E-state index in [1.165, 1.54) is 0 Å². The zero-order valence-corrected chi connectivity index (χ0v) is 16.7. The van der Waals surface area contributed by atoms with Crippen molar-refractivity contribution in [2.75, 3.05) is 0 Å². The maximum atomic E-state index is 12.8. The molecule has 6 aliphatic carbocycles. The van der Waals surface area contributed by atoms with Gasteiger partial charge in [-0.15, -0.1) is 92.8 Å². The number of hydrogen-bond donors (Lipinski definition) is 0. The maximum Gasteiger partial charge on any atom is 0.182 e. The van der Waals surface area contributed by atoms with Gasteiger partial charge in [0.25, 0.3) is 0 Å². The Labute approximate surface area is 168 Å². The van der Waals surface area contributed by atoms with Crippen molar-refractivity contribution in [3.63, 3.8) is 0 Å². The zero-order valence-electron chi connectivity index (χ0n) is 9.19. The maximum absolute atomic E-state index is 12.8. The quantitative estimate of drug-likeness (QED) is 0.453. The highest BCUT2D eigenvalue weighted by molar-refractivity contribution is 6.83. The van der Waals surface area contributed by atoms with Gasteiger partial charge in [-0.25, -0.2) is 0 Å². The molecule has 0 amide bonds. The lowest BCUT2D eigenvalue weighted by Crippen LogP contribution is -3.03. The summed E-state index contributed by atoms with van der Waals surface area (Å²) >= 11 is 65.7. The van der Waals surface area contributed by atoms with Gasteiger partial charge in [-0.1, -0.05) is 23.2 Å². The molecule has 0 aliphatic heterocycles. The number of rotatable bonds is 0. The number of Topliss-reactive ketones (excluding diaryl/α,β-unsaturated/α-hetero) is 1. The average Bonchev–Trinajstić information content (AvgIpc) is 2.64. The van der Waals surface area contributed by atoms with E-state index in [1.807, 2.05) is 0 Å². The highest BCUT2D eigenvalue weighted by Crippen LogP contribution is 3.09. The van der Waals surface area contributed by atoms with Crippen LogP contribution < -0.4 is 0 Å². The first-order valence-electron chi connectivity index (χ1n) is 5.59. The first kappa shape index (κ1) is 15.8. The Kier molecular flexibility index (Phi) is 2.23. The first-order chi connectivity index (χ1) is 9.15. The van der Waals surface area contributed by atoms with E-state index in [2.05, 4.69) is 0 Å². The monoisotopic (exact) mass is 486 g/mol. The van der Waals surface area contributed by atoms with Gasteiger partial charge < -0.3 is 0 Å². The molecule has 8 atom stereocenters. The minimum atomic E-state index is -1.94. The van der Waals surface area contributed by atoms with Crippen LogP contribution in [0, 0.1) is 0 Å². The lowest BCUT2D eigenvalue weighted by molar-refractivity contribution is -0.122. The molecule has 11 heteroatoms. The number of carbonyl (C=O) groups is 1. The summed E-state index contributed by atoms with van der Waals surface area (Å²) in [6.45, 7) is 0. The van der Waals surface area contributed by atoms with Crippen LogP contribution in [0.25, 0.3) is 0 Å². The van der Waals surface area contributed by atoms with Gasteiger partial charge in [0.15, 0.2) is 19.9 Å². The van der Waals surface area contributed by atoms with Crippen LogP contribution in [0.2, 0.25) is 0 Å². The molecule has 6 aliphatic rings. The summed E-state index contributed by atoms with van der Waals surface area (Å²) in [4.78, 5) is -2.01. The minimum absolute atomic E-state index is 0.690. The number of alkyl halides is 10. The smallest absolute Gasteiger partial charge is 0.182 e. The summed E-state index contributed by atoms with van der Waals surface area (Å²) in [5.41, 5.74) is 0. The molecule has 0 saturated heterocycles. The average molecular weight is 491 g/mol. The van der Waals surface area contributed by atoms with E-state index in [1.54, 1.807) is 0 Å². The van der Waals surface area contributed by atoms with E-state index in [9.17, 15) is 4.79 Å². The molecule has 0 aromatic heterocycles. The van der Waals surface area contributed by atoms with Gasteiger partial charge in [-0.05, 0) is 0 Å². The van der Waals surface area contributed by atoms with E-state index >= 15 is 0 Å². The summed E-state index contributed by atoms with van der Waals surface area (Å²) < 4.78 is -1.94. The number of halogens is 10. The SMILES string of the molecule is O=C1C2(Cl)[C@@]3(Cl)C4(Cl)C(Cl)(Cl)C5(Cl)[C@]3(Cl)C1(Cl)[C@@]5(Cl)[C@]24Cl. The highest BCUT2D eigenvalue weighted by Gasteiger charge is 3.30. The van der Waals surface area contributed by atoms with Crippen molar-refractivity contribution < 1.29 is 4.79 Å². The third-order valence-corrected chi connectivity index (χ3v) is 15.3. The van der Waals surface area contributed by atoms with Crippen LogP contribution in [-0.4, -0.2) is 49.1 Å². The molecule has 21 heavy (non-hydrogen) atoms. The van der Waals surface area contributed by atoms with Gasteiger partial charge in [-0.3, -0.25) is 4.79 Å². The zero-order chi connectivity index (χ0) is 16.1. The Hall–Kier alpha value is 2.57. The molecule has 116 valence electrons. The third kappa shape index (κ3) is 0.636. The molecule has 6 rings (SSSR count). The van der Waals surface area contributed by atoms with Crippen molar-refractivity contribution in [2.45, 2.75) is 43.3 Å². The van der Waals surface area contributed by atoms with Crippen LogP contribution in [0.1, 0.15) is 0 Å². The molecule has 4 unspecified atom stereocenters. The molecule has 0 spiro atoms. The Morgan fingerprint density at radius 1 is 0.476 bits per heavy atom. The van der Waals surface area contributed by atoms with Gasteiger partial charge in [0.1, 0.15) is 29.2 Å². The minimum Gasteiger partial charge on any atom is -0.295 e. The molecule has 0 heterocycles. The second kappa shape index (κ2) is 2.96. The van der Waals surface area contributed by atoms with E-state index < -0.39 is 49.1 Å². The van der Waals surface area contributed by atoms with Gasteiger partial charge in [0, 0.05) is 0 Å². The van der Waals surface area contributed by atoms with Gasteiger partial charge in [-0.2, -0.15) is 0 Å². The molecule has 6 saturated carbocycles. The van der Waals surface area contributed by atoms with Gasteiger partial charge in [0.05, 0.1) is 0 Å². The molecule has 0 radical (unpaired) electrons.